The van der Waals surface area contributed by atoms with Gasteiger partial charge in [-0.1, -0.05) is 23.8 Å². The number of piperazine rings is 1. The van der Waals surface area contributed by atoms with Crippen LogP contribution in [0.25, 0.3) is 0 Å². The highest BCUT2D eigenvalue weighted by Gasteiger charge is 2.52. The second kappa shape index (κ2) is 4.23. The number of nitrogens with zero attached hydrogens (tertiary/aromatic N) is 1. The number of primary amides is 1. The molecule has 0 spiro atoms. The maximum atomic E-state index is 11.9. The quantitative estimate of drug-likeness (QED) is 0.805. The Morgan fingerprint density at radius 2 is 2.26 bits per heavy atom. The van der Waals surface area contributed by atoms with Crippen molar-refractivity contribution < 1.29 is 4.79 Å². The monoisotopic (exact) mass is 259 g/mol. The van der Waals surface area contributed by atoms with Crippen molar-refractivity contribution in [3.05, 3.63) is 34.9 Å². The molecular weight excluding hydrogens is 238 g/mol. The second-order valence-electron chi connectivity index (χ2n) is 5.88. The number of hydrogen-bond acceptors (Lipinski definition) is 2. The van der Waals surface area contributed by atoms with E-state index in [4.69, 9.17) is 5.73 Å². The lowest BCUT2D eigenvalue weighted by molar-refractivity contribution is 0.0991. The van der Waals surface area contributed by atoms with Gasteiger partial charge in [0.25, 0.3) is 0 Å². The second-order valence-corrected chi connectivity index (χ2v) is 5.88. The van der Waals surface area contributed by atoms with Crippen LogP contribution >= 0.6 is 0 Å². The molecule has 2 saturated heterocycles. The third kappa shape index (κ3) is 1.74. The summed E-state index contributed by atoms with van der Waals surface area (Å²) in [7, 11) is 0. The number of carbonyl (C=O) groups excluding carboxylic acids is 1. The van der Waals surface area contributed by atoms with Gasteiger partial charge < -0.3 is 16.0 Å². The Hall–Kier alpha value is -1.55. The Bertz CT molecular complexity index is 524. The molecule has 19 heavy (non-hydrogen) atoms. The van der Waals surface area contributed by atoms with E-state index in [1.54, 1.807) is 0 Å². The van der Waals surface area contributed by atoms with Crippen molar-refractivity contribution >= 4 is 6.03 Å². The van der Waals surface area contributed by atoms with Crippen molar-refractivity contribution in [1.82, 2.24) is 10.2 Å². The molecule has 0 aromatic heterocycles. The minimum absolute atomic E-state index is 0.242. The molecule has 0 saturated carbocycles. The molecule has 2 bridgehead atoms. The Morgan fingerprint density at radius 1 is 1.47 bits per heavy atom. The minimum Gasteiger partial charge on any atom is -0.351 e. The number of urea groups is 1. The predicted molar refractivity (Wildman–Crippen MR) is 74.9 cm³/mol. The molecule has 1 aromatic rings. The van der Waals surface area contributed by atoms with Gasteiger partial charge in [-0.3, -0.25) is 0 Å². The van der Waals surface area contributed by atoms with Crippen molar-refractivity contribution in [3.8, 4) is 0 Å². The fourth-order valence-electron chi connectivity index (χ4n) is 3.80. The fraction of sp³-hybridized carbons (Fsp3) is 0.533. The van der Waals surface area contributed by atoms with Crippen molar-refractivity contribution in [3.63, 3.8) is 0 Å². The first kappa shape index (κ1) is 12.5. The Balaban J connectivity index is 2.14. The first-order valence-corrected chi connectivity index (χ1v) is 6.92. The molecule has 3 N–H and O–H groups in total. The molecule has 4 heteroatoms. The van der Waals surface area contributed by atoms with Crippen LogP contribution in [-0.4, -0.2) is 30.1 Å². The lowest BCUT2D eigenvalue weighted by Gasteiger charge is -2.45. The molecule has 2 heterocycles. The van der Waals surface area contributed by atoms with E-state index in [0.29, 0.717) is 0 Å². The smallest absolute Gasteiger partial charge is 0.315 e. The first-order chi connectivity index (χ1) is 9.04. The number of rotatable bonds is 1. The van der Waals surface area contributed by atoms with Gasteiger partial charge in [0.2, 0.25) is 0 Å². The lowest BCUT2D eigenvalue weighted by atomic mass is 9.83. The van der Waals surface area contributed by atoms with E-state index in [9.17, 15) is 4.79 Å². The summed E-state index contributed by atoms with van der Waals surface area (Å²) >= 11 is 0. The molecule has 1 aromatic carbocycles. The van der Waals surface area contributed by atoms with Gasteiger partial charge in [0.05, 0.1) is 5.54 Å². The van der Waals surface area contributed by atoms with Gasteiger partial charge in [0, 0.05) is 19.1 Å². The number of nitrogens with two attached hydrogens (primary N) is 1. The van der Waals surface area contributed by atoms with Gasteiger partial charge in [0.15, 0.2) is 0 Å². The summed E-state index contributed by atoms with van der Waals surface area (Å²) in [5.74, 6) is 0. The zero-order valence-electron chi connectivity index (χ0n) is 11.6. The van der Waals surface area contributed by atoms with E-state index in [2.05, 4.69) is 37.4 Å². The van der Waals surface area contributed by atoms with Crippen LogP contribution in [0.5, 0.6) is 0 Å². The van der Waals surface area contributed by atoms with Gasteiger partial charge >= 0.3 is 6.03 Å². The number of aryl methyl sites for hydroxylation is 2. The van der Waals surface area contributed by atoms with Gasteiger partial charge in [0.1, 0.15) is 0 Å². The minimum atomic E-state index is -0.287. The molecule has 3 rings (SSSR count). The van der Waals surface area contributed by atoms with E-state index in [1.807, 2.05) is 4.90 Å². The number of amides is 2. The normalized spacial score (nSPS) is 29.6. The van der Waals surface area contributed by atoms with Crippen LogP contribution in [0, 0.1) is 13.8 Å². The number of benzene rings is 1. The molecule has 2 amide bonds. The van der Waals surface area contributed by atoms with Crippen molar-refractivity contribution in [2.75, 3.05) is 13.1 Å². The molecule has 2 unspecified atom stereocenters. The summed E-state index contributed by atoms with van der Waals surface area (Å²) in [6.45, 7) is 5.87. The molecule has 2 aliphatic heterocycles. The highest BCUT2D eigenvalue weighted by atomic mass is 16.2. The molecular formula is C15H21N3O. The van der Waals surface area contributed by atoms with Crippen LogP contribution in [0.3, 0.4) is 0 Å². The summed E-state index contributed by atoms with van der Waals surface area (Å²) < 4.78 is 0. The van der Waals surface area contributed by atoms with E-state index in [-0.39, 0.29) is 17.6 Å². The fourth-order valence-corrected chi connectivity index (χ4v) is 3.80. The average Bonchev–Trinajstić information content (AvgIpc) is 2.61. The number of hydrogen-bond donors (Lipinski definition) is 2. The molecule has 0 radical (unpaired) electrons. The van der Waals surface area contributed by atoms with E-state index >= 15 is 0 Å². The van der Waals surface area contributed by atoms with Crippen LogP contribution in [-0.2, 0) is 5.54 Å². The Morgan fingerprint density at radius 3 is 3.00 bits per heavy atom. The van der Waals surface area contributed by atoms with E-state index < -0.39 is 0 Å². The van der Waals surface area contributed by atoms with Gasteiger partial charge in [-0.15, -0.1) is 0 Å². The summed E-state index contributed by atoms with van der Waals surface area (Å²) in [4.78, 5) is 13.8. The van der Waals surface area contributed by atoms with Gasteiger partial charge in [-0.25, -0.2) is 4.79 Å². The van der Waals surface area contributed by atoms with Crippen molar-refractivity contribution in [2.24, 2.45) is 5.73 Å². The molecule has 4 nitrogen and oxygen atoms in total. The first-order valence-electron chi connectivity index (χ1n) is 6.92. The van der Waals surface area contributed by atoms with Gasteiger partial charge in [-0.2, -0.15) is 0 Å². The Kier molecular flexibility index (Phi) is 2.78. The molecule has 2 aliphatic rings. The topological polar surface area (TPSA) is 58.4 Å². The maximum Gasteiger partial charge on any atom is 0.315 e. The number of carbonyl (C=O) groups is 1. The number of nitrogens with one attached hydrogen (secondary N) is 1. The summed E-state index contributed by atoms with van der Waals surface area (Å²) in [6.07, 6.45) is 2.03. The maximum absolute atomic E-state index is 11.9. The molecule has 2 fully saturated rings. The summed E-state index contributed by atoms with van der Waals surface area (Å²) in [5, 5.41) is 3.47. The standard InChI is InChI=1S/C15H21N3O/c1-10-3-4-11(2)13(7-10)15-6-5-12(8-17-9-15)18(15)14(16)19/h3-4,7,12,17H,5-6,8-9H2,1-2H3,(H2,16,19). The van der Waals surface area contributed by atoms with E-state index in [1.165, 1.54) is 16.7 Å². The Labute approximate surface area is 114 Å². The largest absolute Gasteiger partial charge is 0.351 e. The molecule has 102 valence electrons. The zero-order chi connectivity index (χ0) is 13.6. The molecule has 0 aliphatic carbocycles. The predicted octanol–water partition coefficient (Wildman–Crippen LogP) is 1.65. The van der Waals surface area contributed by atoms with Crippen molar-refractivity contribution in [2.45, 2.75) is 38.3 Å². The summed E-state index contributed by atoms with van der Waals surface area (Å²) in [5.41, 5.74) is 9.13. The zero-order valence-corrected chi connectivity index (χ0v) is 11.6. The van der Waals surface area contributed by atoms with Crippen LogP contribution in [0.2, 0.25) is 0 Å². The van der Waals surface area contributed by atoms with E-state index in [0.717, 1.165) is 25.9 Å². The SMILES string of the molecule is Cc1ccc(C)c(C23CCC(CNC2)N3C(N)=O)c1. The number of fused-ring (bicyclic) bond motifs is 2. The average molecular weight is 259 g/mol. The van der Waals surface area contributed by atoms with Crippen LogP contribution in [0.15, 0.2) is 18.2 Å². The third-order valence-corrected chi connectivity index (χ3v) is 4.65. The highest BCUT2D eigenvalue weighted by molar-refractivity contribution is 5.75. The third-order valence-electron chi connectivity index (χ3n) is 4.65. The van der Waals surface area contributed by atoms with Crippen LogP contribution in [0.1, 0.15) is 29.5 Å². The highest BCUT2D eigenvalue weighted by Crippen LogP contribution is 2.44. The summed E-state index contributed by atoms with van der Waals surface area (Å²) in [6, 6.07) is 6.42. The van der Waals surface area contributed by atoms with Crippen LogP contribution < -0.4 is 11.1 Å². The lowest BCUT2D eigenvalue weighted by Crippen LogP contribution is -2.62. The van der Waals surface area contributed by atoms with Crippen molar-refractivity contribution in [1.29, 1.82) is 0 Å². The molecule has 2 atom stereocenters. The van der Waals surface area contributed by atoms with Gasteiger partial charge in [-0.05, 0) is 37.8 Å². The van der Waals surface area contributed by atoms with Crippen LogP contribution in [0.4, 0.5) is 4.79 Å².